The molecule has 2 N–H and O–H groups in total. The molecule has 0 aromatic heterocycles. The second-order valence-electron chi connectivity index (χ2n) is 3.11. The molecule has 1 heterocycles. The van der Waals surface area contributed by atoms with Crippen LogP contribution in [-0.4, -0.2) is 16.9 Å². The van der Waals surface area contributed by atoms with Crippen LogP contribution < -0.4 is 5.73 Å². The molecule has 5 heteroatoms. The number of primary amides is 1. The van der Waals surface area contributed by atoms with Gasteiger partial charge in [-0.25, -0.2) is 0 Å². The highest BCUT2D eigenvalue weighted by atomic mass is 33.5. The summed E-state index contributed by atoms with van der Waals surface area (Å²) in [5.41, 5.74) is 5.06. The van der Waals surface area contributed by atoms with Crippen molar-refractivity contribution in [2.75, 3.05) is 5.75 Å². The molecule has 2 nitrogen and oxygen atoms in total. The lowest BCUT2D eigenvalue weighted by atomic mass is 10.1. The zero-order valence-corrected chi connectivity index (χ0v) is 9.98. The molecule has 0 unspecified atom stereocenters. The lowest BCUT2D eigenvalue weighted by Crippen LogP contribution is -2.10. The molecule has 13 heavy (non-hydrogen) atoms. The third kappa shape index (κ3) is 5.75. The van der Waals surface area contributed by atoms with Crippen molar-refractivity contribution in [2.24, 2.45) is 5.73 Å². The monoisotopic (exact) mass is 237 g/mol. The Labute approximate surface area is 91.0 Å². The molecule has 1 aliphatic heterocycles. The van der Waals surface area contributed by atoms with Gasteiger partial charge in [0.25, 0.3) is 0 Å². The zero-order valence-electron chi connectivity index (χ0n) is 7.53. The van der Waals surface area contributed by atoms with Crippen molar-refractivity contribution >= 4 is 37.3 Å². The highest BCUT2D eigenvalue weighted by Gasteiger charge is 2.14. The molecule has 1 atom stereocenters. The van der Waals surface area contributed by atoms with Crippen LogP contribution >= 0.6 is 31.4 Å². The Hall–Kier alpha value is 0.520. The van der Waals surface area contributed by atoms with Gasteiger partial charge in [0, 0.05) is 17.4 Å². The maximum Gasteiger partial charge on any atom is 0.217 e. The fraction of sp³-hybridized carbons (Fsp3) is 0.875. The molecule has 0 radical (unpaired) electrons. The van der Waals surface area contributed by atoms with Gasteiger partial charge in [0.1, 0.15) is 0 Å². The van der Waals surface area contributed by atoms with E-state index in [9.17, 15) is 4.79 Å². The van der Waals surface area contributed by atoms with Crippen molar-refractivity contribution in [3.63, 3.8) is 0 Å². The Morgan fingerprint density at radius 3 is 2.92 bits per heavy atom. The average Bonchev–Trinajstić information content (AvgIpc) is 2.14. The molecule has 0 bridgehead atoms. The van der Waals surface area contributed by atoms with Gasteiger partial charge in [0.15, 0.2) is 0 Å². The minimum absolute atomic E-state index is 0.166. The Bertz CT molecular complexity index is 159. The van der Waals surface area contributed by atoms with Gasteiger partial charge in [-0.2, -0.15) is 0 Å². The van der Waals surface area contributed by atoms with Crippen LogP contribution in [0.25, 0.3) is 0 Å². The van der Waals surface area contributed by atoms with E-state index in [0.29, 0.717) is 6.42 Å². The van der Waals surface area contributed by atoms with Crippen LogP contribution in [0.1, 0.15) is 32.1 Å². The predicted octanol–water partition coefficient (Wildman–Crippen LogP) is 2.83. The van der Waals surface area contributed by atoms with Crippen molar-refractivity contribution in [3.05, 3.63) is 0 Å². The zero-order chi connectivity index (χ0) is 9.52. The van der Waals surface area contributed by atoms with E-state index in [4.69, 9.17) is 5.73 Å². The first-order chi connectivity index (χ1) is 6.29. The first kappa shape index (κ1) is 11.6. The Morgan fingerprint density at radius 2 is 2.31 bits per heavy atom. The highest BCUT2D eigenvalue weighted by Crippen LogP contribution is 2.45. The van der Waals surface area contributed by atoms with Crippen LogP contribution in [0.4, 0.5) is 0 Å². The van der Waals surface area contributed by atoms with E-state index in [1.54, 1.807) is 0 Å². The lowest BCUT2D eigenvalue weighted by Gasteiger charge is -2.18. The minimum Gasteiger partial charge on any atom is -0.370 e. The van der Waals surface area contributed by atoms with E-state index in [-0.39, 0.29) is 5.91 Å². The molecule has 0 saturated carbocycles. The third-order valence-electron chi connectivity index (χ3n) is 1.95. The molecule has 0 aromatic rings. The van der Waals surface area contributed by atoms with Gasteiger partial charge >= 0.3 is 0 Å². The van der Waals surface area contributed by atoms with Crippen LogP contribution in [0.15, 0.2) is 0 Å². The number of hydrogen-bond donors (Lipinski definition) is 1. The van der Waals surface area contributed by atoms with Gasteiger partial charge in [0.2, 0.25) is 5.91 Å². The Kier molecular flexibility index (Phi) is 6.15. The summed E-state index contributed by atoms with van der Waals surface area (Å²) in [5, 5.41) is 0.805. The maximum atomic E-state index is 10.5. The highest BCUT2D eigenvalue weighted by molar-refractivity contribution is 9.09. The van der Waals surface area contributed by atoms with E-state index in [2.05, 4.69) is 0 Å². The smallest absolute Gasteiger partial charge is 0.217 e. The summed E-state index contributed by atoms with van der Waals surface area (Å²) >= 11 is 0. The number of hydrogen-bond acceptors (Lipinski definition) is 4. The molecule has 1 rings (SSSR count). The largest absolute Gasteiger partial charge is 0.370 e. The van der Waals surface area contributed by atoms with Gasteiger partial charge in [0.05, 0.1) is 0 Å². The van der Waals surface area contributed by atoms with E-state index in [0.717, 1.165) is 18.1 Å². The number of carbonyl (C=O) groups excluding carboxylic acids is 1. The summed E-state index contributed by atoms with van der Waals surface area (Å²) in [6.45, 7) is 0. The van der Waals surface area contributed by atoms with Gasteiger partial charge < -0.3 is 5.73 Å². The molecule has 0 aromatic carbocycles. The van der Waals surface area contributed by atoms with Crippen LogP contribution in [-0.2, 0) is 4.79 Å². The second-order valence-corrected chi connectivity index (χ2v) is 7.67. The molecule has 0 aliphatic carbocycles. The van der Waals surface area contributed by atoms with Crippen LogP contribution in [0.3, 0.4) is 0 Å². The van der Waals surface area contributed by atoms with Crippen molar-refractivity contribution in [1.82, 2.24) is 0 Å². The molecular weight excluding hydrogens is 222 g/mol. The summed E-state index contributed by atoms with van der Waals surface area (Å²) in [6, 6.07) is 0. The summed E-state index contributed by atoms with van der Waals surface area (Å²) in [4.78, 5) is 10.5. The number of amides is 1. The predicted molar refractivity (Wildman–Crippen MR) is 63.7 cm³/mol. The van der Waals surface area contributed by atoms with E-state index >= 15 is 0 Å². The fourth-order valence-electron chi connectivity index (χ4n) is 1.21. The second kappa shape index (κ2) is 6.90. The molecule has 1 aliphatic rings. The maximum absolute atomic E-state index is 10.5. The summed E-state index contributed by atoms with van der Waals surface area (Å²) in [6.07, 6.45) is 5.22. The van der Waals surface area contributed by atoms with Crippen molar-refractivity contribution in [1.29, 1.82) is 0 Å². The Morgan fingerprint density at radius 1 is 1.46 bits per heavy atom. The molecule has 1 fully saturated rings. The lowest BCUT2D eigenvalue weighted by molar-refractivity contribution is -0.118. The summed E-state index contributed by atoms with van der Waals surface area (Å²) in [7, 11) is 5.84. The molecule has 76 valence electrons. The standard InChI is InChI=1S/C8H15NOS3/c9-8(10)4-2-1-3-7-5-6-11-13-12-7/h7H,1-6H2,(H2,9,10)/t7-/m1/s1. The first-order valence-electron chi connectivity index (χ1n) is 4.52. The molecule has 1 amide bonds. The van der Waals surface area contributed by atoms with E-state index in [1.807, 2.05) is 31.4 Å². The summed E-state index contributed by atoms with van der Waals surface area (Å²) in [5.74, 6) is 1.11. The Balaban J connectivity index is 1.95. The normalized spacial score (nSPS) is 22.9. The van der Waals surface area contributed by atoms with Gasteiger partial charge in [-0.1, -0.05) is 28.0 Å². The molecule has 0 spiro atoms. The number of carbonyl (C=O) groups is 1. The van der Waals surface area contributed by atoms with Gasteiger partial charge in [-0.3, -0.25) is 4.79 Å². The van der Waals surface area contributed by atoms with Crippen molar-refractivity contribution in [2.45, 2.75) is 37.4 Å². The number of rotatable bonds is 5. The first-order valence-corrected chi connectivity index (χ1v) is 8.24. The fourth-order valence-corrected chi connectivity index (χ4v) is 6.13. The van der Waals surface area contributed by atoms with Gasteiger partial charge in [-0.05, 0) is 29.1 Å². The minimum atomic E-state index is -0.166. The van der Waals surface area contributed by atoms with Gasteiger partial charge in [-0.15, -0.1) is 0 Å². The average molecular weight is 237 g/mol. The van der Waals surface area contributed by atoms with Crippen molar-refractivity contribution in [3.8, 4) is 0 Å². The number of unbranched alkanes of at least 4 members (excludes halogenated alkanes) is 1. The third-order valence-corrected chi connectivity index (χ3v) is 6.68. The number of nitrogens with two attached hydrogens (primary N) is 1. The quantitative estimate of drug-likeness (QED) is 0.590. The van der Waals surface area contributed by atoms with E-state index in [1.165, 1.54) is 18.6 Å². The topological polar surface area (TPSA) is 43.1 Å². The van der Waals surface area contributed by atoms with Crippen molar-refractivity contribution < 1.29 is 4.79 Å². The molecular formula is C8H15NOS3. The van der Waals surface area contributed by atoms with Crippen LogP contribution in [0.5, 0.6) is 0 Å². The van der Waals surface area contributed by atoms with Crippen LogP contribution in [0.2, 0.25) is 0 Å². The SMILES string of the molecule is NC(=O)CCCC[C@@H]1CCSSS1. The molecule has 1 saturated heterocycles. The van der Waals surface area contributed by atoms with Crippen LogP contribution in [0, 0.1) is 0 Å². The van der Waals surface area contributed by atoms with E-state index < -0.39 is 0 Å². The summed E-state index contributed by atoms with van der Waals surface area (Å²) < 4.78 is 0.